The topological polar surface area (TPSA) is 25.8 Å². The van der Waals surface area contributed by atoms with Crippen LogP contribution < -0.4 is 0 Å². The average molecular weight is 293 g/mol. The number of aryl methyl sites for hydroxylation is 1. The van der Waals surface area contributed by atoms with E-state index in [9.17, 15) is 4.39 Å². The molecule has 0 saturated heterocycles. The molecule has 2 heterocycles. The van der Waals surface area contributed by atoms with Crippen LogP contribution in [0.25, 0.3) is 21.6 Å². The van der Waals surface area contributed by atoms with Crippen LogP contribution in [0.5, 0.6) is 0 Å². The first-order valence-electron chi connectivity index (χ1n) is 5.88. The molecule has 0 aliphatic heterocycles. The largest absolute Gasteiger partial charge is 0.227 e. The van der Waals surface area contributed by atoms with Gasteiger partial charge in [-0.3, -0.25) is 0 Å². The Balaban J connectivity index is 2.24. The van der Waals surface area contributed by atoms with E-state index in [4.69, 9.17) is 11.6 Å². The molecular formula is C14H10ClFN2S. The van der Waals surface area contributed by atoms with Crippen LogP contribution >= 0.6 is 22.9 Å². The van der Waals surface area contributed by atoms with Gasteiger partial charge in [-0.2, -0.15) is 0 Å². The van der Waals surface area contributed by atoms with E-state index in [0.717, 1.165) is 11.3 Å². The van der Waals surface area contributed by atoms with Crippen LogP contribution in [0, 0.1) is 5.82 Å². The van der Waals surface area contributed by atoms with Gasteiger partial charge in [-0.15, -0.1) is 11.3 Å². The third-order valence-corrected chi connectivity index (χ3v) is 4.18. The standard InChI is InChI=1S/C14H10ClFN2S/c1-2-8-5-6-19-12(8)14-17-11-4-3-9(16)7-10(11)13(15)18-14/h3-7H,2H2,1H3. The highest BCUT2D eigenvalue weighted by molar-refractivity contribution is 7.13. The second-order valence-corrected chi connectivity index (χ2v) is 5.40. The lowest BCUT2D eigenvalue weighted by Gasteiger charge is -2.04. The fraction of sp³-hybridized carbons (Fsp3) is 0.143. The monoisotopic (exact) mass is 292 g/mol. The molecule has 0 spiro atoms. The van der Waals surface area contributed by atoms with Crippen molar-refractivity contribution >= 4 is 33.8 Å². The highest BCUT2D eigenvalue weighted by Crippen LogP contribution is 2.31. The lowest BCUT2D eigenvalue weighted by atomic mass is 10.2. The third-order valence-electron chi connectivity index (χ3n) is 2.94. The van der Waals surface area contributed by atoms with Crippen molar-refractivity contribution in [2.24, 2.45) is 0 Å². The van der Waals surface area contributed by atoms with Crippen molar-refractivity contribution < 1.29 is 4.39 Å². The number of hydrogen-bond acceptors (Lipinski definition) is 3. The summed E-state index contributed by atoms with van der Waals surface area (Å²) in [6.45, 7) is 2.09. The Bertz CT molecular complexity index is 754. The molecule has 0 saturated carbocycles. The van der Waals surface area contributed by atoms with Gasteiger partial charge >= 0.3 is 0 Å². The van der Waals surface area contributed by atoms with Crippen LogP contribution in [0.15, 0.2) is 29.6 Å². The summed E-state index contributed by atoms with van der Waals surface area (Å²) in [5.74, 6) is 0.270. The quantitative estimate of drug-likeness (QED) is 0.639. The summed E-state index contributed by atoms with van der Waals surface area (Å²) in [5.41, 5.74) is 1.86. The van der Waals surface area contributed by atoms with E-state index < -0.39 is 0 Å². The van der Waals surface area contributed by atoms with E-state index in [1.54, 1.807) is 17.4 Å². The number of hydrogen-bond donors (Lipinski definition) is 0. The van der Waals surface area contributed by atoms with E-state index in [2.05, 4.69) is 23.0 Å². The van der Waals surface area contributed by atoms with E-state index in [0.29, 0.717) is 16.7 Å². The van der Waals surface area contributed by atoms with Gasteiger partial charge in [0.05, 0.1) is 10.4 Å². The minimum absolute atomic E-state index is 0.287. The molecule has 0 atom stereocenters. The first-order chi connectivity index (χ1) is 9.19. The van der Waals surface area contributed by atoms with Crippen LogP contribution in [0.2, 0.25) is 5.15 Å². The predicted molar refractivity (Wildman–Crippen MR) is 77.2 cm³/mol. The molecule has 2 nitrogen and oxygen atoms in total. The van der Waals surface area contributed by atoms with E-state index in [1.807, 2.05) is 5.38 Å². The highest BCUT2D eigenvalue weighted by atomic mass is 35.5. The van der Waals surface area contributed by atoms with Gasteiger partial charge in [0, 0.05) is 5.39 Å². The molecule has 3 rings (SSSR count). The fourth-order valence-corrected chi connectivity index (χ4v) is 3.14. The molecule has 96 valence electrons. The van der Waals surface area contributed by atoms with Crippen LogP contribution in [0.4, 0.5) is 4.39 Å². The Hall–Kier alpha value is -1.52. The maximum Gasteiger partial charge on any atom is 0.171 e. The Labute approximate surface area is 118 Å². The van der Waals surface area contributed by atoms with Crippen LogP contribution in [0.1, 0.15) is 12.5 Å². The molecule has 0 bridgehead atoms. The molecule has 0 unspecified atom stereocenters. The van der Waals surface area contributed by atoms with Crippen molar-refractivity contribution in [1.29, 1.82) is 0 Å². The highest BCUT2D eigenvalue weighted by Gasteiger charge is 2.12. The summed E-state index contributed by atoms with van der Waals surface area (Å²) >= 11 is 7.72. The molecule has 19 heavy (non-hydrogen) atoms. The SMILES string of the molecule is CCc1ccsc1-c1nc(Cl)c2cc(F)ccc2n1. The fourth-order valence-electron chi connectivity index (χ4n) is 1.98. The molecule has 3 aromatic rings. The van der Waals surface area contributed by atoms with Gasteiger partial charge in [-0.25, -0.2) is 14.4 Å². The summed E-state index contributed by atoms with van der Waals surface area (Å²) in [5, 5.41) is 2.84. The van der Waals surface area contributed by atoms with Gasteiger partial charge in [0.1, 0.15) is 11.0 Å². The lowest BCUT2D eigenvalue weighted by Crippen LogP contribution is -1.93. The summed E-state index contributed by atoms with van der Waals surface area (Å²) in [6.07, 6.45) is 0.918. The first-order valence-corrected chi connectivity index (χ1v) is 7.14. The maximum atomic E-state index is 13.2. The van der Waals surface area contributed by atoms with Crippen LogP contribution in [0.3, 0.4) is 0 Å². The maximum absolute atomic E-state index is 13.2. The summed E-state index contributed by atoms with van der Waals surface area (Å²) < 4.78 is 13.2. The van der Waals surface area contributed by atoms with Crippen LogP contribution in [-0.2, 0) is 6.42 Å². The summed E-state index contributed by atoms with van der Waals surface area (Å²) in [7, 11) is 0. The Morgan fingerprint density at radius 1 is 1.26 bits per heavy atom. The van der Waals surface area contributed by atoms with Crippen molar-refractivity contribution in [2.45, 2.75) is 13.3 Å². The second-order valence-electron chi connectivity index (χ2n) is 4.13. The Morgan fingerprint density at radius 3 is 2.89 bits per heavy atom. The summed E-state index contributed by atoms with van der Waals surface area (Å²) in [6, 6.07) is 6.42. The summed E-state index contributed by atoms with van der Waals surface area (Å²) in [4.78, 5) is 9.79. The smallest absolute Gasteiger partial charge is 0.171 e. The molecule has 0 fully saturated rings. The molecule has 5 heteroatoms. The van der Waals surface area contributed by atoms with Gasteiger partial charge in [-0.05, 0) is 41.6 Å². The van der Waals surface area contributed by atoms with Crippen molar-refractivity contribution in [3.8, 4) is 10.7 Å². The third kappa shape index (κ3) is 2.22. The molecule has 0 N–H and O–H groups in total. The van der Waals surface area contributed by atoms with E-state index in [1.165, 1.54) is 17.7 Å². The van der Waals surface area contributed by atoms with Gasteiger partial charge < -0.3 is 0 Å². The molecule has 0 radical (unpaired) electrons. The Kier molecular flexibility index (Phi) is 3.21. The van der Waals surface area contributed by atoms with Crippen molar-refractivity contribution in [1.82, 2.24) is 9.97 Å². The number of nitrogens with zero attached hydrogens (tertiary/aromatic N) is 2. The molecule has 0 aliphatic rings. The number of fused-ring (bicyclic) bond motifs is 1. The van der Waals surface area contributed by atoms with Gasteiger partial charge in [0.2, 0.25) is 0 Å². The number of halogens is 2. The number of aromatic nitrogens is 2. The van der Waals surface area contributed by atoms with Gasteiger partial charge in [0.25, 0.3) is 0 Å². The van der Waals surface area contributed by atoms with E-state index in [-0.39, 0.29) is 11.0 Å². The molecule has 0 aliphatic carbocycles. The van der Waals surface area contributed by atoms with E-state index >= 15 is 0 Å². The lowest BCUT2D eigenvalue weighted by molar-refractivity contribution is 0.629. The zero-order chi connectivity index (χ0) is 13.4. The minimum Gasteiger partial charge on any atom is -0.227 e. The Morgan fingerprint density at radius 2 is 2.11 bits per heavy atom. The number of thiophene rings is 1. The zero-order valence-electron chi connectivity index (χ0n) is 10.2. The molecule has 0 amide bonds. The number of benzene rings is 1. The van der Waals surface area contributed by atoms with Crippen LogP contribution in [-0.4, -0.2) is 9.97 Å². The molecule has 2 aromatic heterocycles. The van der Waals surface area contributed by atoms with Gasteiger partial charge in [-0.1, -0.05) is 18.5 Å². The number of rotatable bonds is 2. The normalized spacial score (nSPS) is 11.1. The van der Waals surface area contributed by atoms with Crippen molar-refractivity contribution in [3.05, 3.63) is 46.2 Å². The molecule has 1 aromatic carbocycles. The second kappa shape index (κ2) is 4.87. The first kappa shape index (κ1) is 12.5. The van der Waals surface area contributed by atoms with Gasteiger partial charge in [0.15, 0.2) is 5.82 Å². The predicted octanol–water partition coefficient (Wildman–Crippen LogP) is 4.71. The van der Waals surface area contributed by atoms with Crippen molar-refractivity contribution in [3.63, 3.8) is 0 Å². The molecular weight excluding hydrogens is 283 g/mol. The minimum atomic E-state index is -0.337. The average Bonchev–Trinajstić information content (AvgIpc) is 2.87. The van der Waals surface area contributed by atoms with Crippen molar-refractivity contribution in [2.75, 3.05) is 0 Å². The zero-order valence-corrected chi connectivity index (χ0v) is 11.7.